The minimum absolute atomic E-state index is 0.939. The molecular formula is C29H30N4S2. The number of hydrogen-bond acceptors (Lipinski definition) is 6. The van der Waals surface area contributed by atoms with Crippen LogP contribution >= 0.6 is 23.5 Å². The Morgan fingerprint density at radius 3 is 1.26 bits per heavy atom. The summed E-state index contributed by atoms with van der Waals surface area (Å²) >= 11 is 3.53. The van der Waals surface area contributed by atoms with E-state index < -0.39 is 0 Å². The third-order valence-corrected chi connectivity index (χ3v) is 7.97. The van der Waals surface area contributed by atoms with Crippen LogP contribution in [-0.2, 0) is 0 Å². The Morgan fingerprint density at radius 1 is 0.514 bits per heavy atom. The summed E-state index contributed by atoms with van der Waals surface area (Å²) in [6.07, 6.45) is 9.28. The average molecular weight is 499 g/mol. The molecule has 4 nitrogen and oxygen atoms in total. The number of aromatic nitrogens is 2. The fraction of sp³-hybridized carbons (Fsp3) is 0.241. The SMILES string of the molecule is CSc1ccc(-c2ccc(N3CCCN(c4ccc(-c5ccc(SC)cc5)cn4)CC3)nc2)cc1. The Balaban J connectivity index is 1.22. The fourth-order valence-electron chi connectivity index (χ4n) is 4.43. The molecule has 2 aromatic carbocycles. The van der Waals surface area contributed by atoms with E-state index in [1.807, 2.05) is 12.4 Å². The molecule has 5 rings (SSSR count). The highest BCUT2D eigenvalue weighted by Gasteiger charge is 2.17. The molecule has 3 heterocycles. The van der Waals surface area contributed by atoms with Crippen LogP contribution in [0.15, 0.2) is 95.0 Å². The first-order valence-electron chi connectivity index (χ1n) is 11.9. The molecular weight excluding hydrogens is 468 g/mol. The highest BCUT2D eigenvalue weighted by molar-refractivity contribution is 7.98. The van der Waals surface area contributed by atoms with E-state index in [-0.39, 0.29) is 0 Å². The maximum atomic E-state index is 4.80. The topological polar surface area (TPSA) is 32.3 Å². The lowest BCUT2D eigenvalue weighted by Gasteiger charge is -2.23. The molecule has 1 aliphatic heterocycles. The van der Waals surface area contributed by atoms with Crippen molar-refractivity contribution in [1.29, 1.82) is 0 Å². The zero-order chi connectivity index (χ0) is 24.0. The molecule has 1 fully saturated rings. The van der Waals surface area contributed by atoms with Gasteiger partial charge in [-0.3, -0.25) is 0 Å². The second-order valence-corrected chi connectivity index (χ2v) is 10.4. The van der Waals surface area contributed by atoms with E-state index in [0.717, 1.165) is 55.4 Å². The van der Waals surface area contributed by atoms with E-state index in [1.54, 1.807) is 23.5 Å². The summed E-state index contributed by atoms with van der Waals surface area (Å²) in [5.74, 6) is 2.10. The van der Waals surface area contributed by atoms with E-state index in [0.29, 0.717) is 0 Å². The molecule has 0 spiro atoms. The zero-order valence-corrected chi connectivity index (χ0v) is 21.9. The Hall–Kier alpha value is -2.96. The molecule has 6 heteroatoms. The maximum Gasteiger partial charge on any atom is 0.128 e. The standard InChI is InChI=1S/C29H30N4S2/c1-34-26-10-4-22(5-11-26)24-8-14-28(30-20-24)32-16-3-17-33(19-18-32)29-15-9-25(21-31-29)23-6-12-27(35-2)13-7-23/h4-15,20-21H,3,16-19H2,1-2H3. The molecule has 0 radical (unpaired) electrons. The van der Waals surface area contributed by atoms with Gasteiger partial charge in [0.1, 0.15) is 11.6 Å². The smallest absolute Gasteiger partial charge is 0.128 e. The van der Waals surface area contributed by atoms with Crippen molar-refractivity contribution in [3.8, 4) is 22.3 Å². The van der Waals surface area contributed by atoms with Crippen molar-refractivity contribution >= 4 is 35.2 Å². The van der Waals surface area contributed by atoms with E-state index in [1.165, 1.54) is 20.9 Å². The van der Waals surface area contributed by atoms with Crippen LogP contribution in [0.2, 0.25) is 0 Å². The maximum absolute atomic E-state index is 4.80. The number of pyridine rings is 2. The first-order chi connectivity index (χ1) is 17.2. The summed E-state index contributed by atoms with van der Waals surface area (Å²) in [4.78, 5) is 16.9. The second-order valence-electron chi connectivity index (χ2n) is 8.59. The molecule has 0 amide bonds. The highest BCUT2D eigenvalue weighted by atomic mass is 32.2. The van der Waals surface area contributed by atoms with Gasteiger partial charge in [-0.2, -0.15) is 0 Å². The molecule has 0 unspecified atom stereocenters. The van der Waals surface area contributed by atoms with Crippen molar-refractivity contribution in [2.45, 2.75) is 16.2 Å². The molecule has 1 saturated heterocycles. The molecule has 2 aromatic heterocycles. The minimum atomic E-state index is 0.939. The zero-order valence-electron chi connectivity index (χ0n) is 20.2. The van der Waals surface area contributed by atoms with E-state index in [2.05, 4.69) is 95.1 Å². The number of hydrogen-bond donors (Lipinski definition) is 0. The molecule has 35 heavy (non-hydrogen) atoms. The van der Waals surface area contributed by atoms with Crippen LogP contribution in [-0.4, -0.2) is 48.7 Å². The predicted octanol–water partition coefficient (Wildman–Crippen LogP) is 6.97. The lowest BCUT2D eigenvalue weighted by molar-refractivity contribution is 0.794. The van der Waals surface area contributed by atoms with Crippen LogP contribution in [0.25, 0.3) is 22.3 Å². The molecule has 0 saturated carbocycles. The third kappa shape index (κ3) is 5.65. The molecule has 0 aliphatic carbocycles. The quantitative estimate of drug-likeness (QED) is 0.267. The third-order valence-electron chi connectivity index (χ3n) is 6.49. The summed E-state index contributed by atoms with van der Waals surface area (Å²) in [6, 6.07) is 26.0. The van der Waals surface area contributed by atoms with E-state index in [4.69, 9.17) is 9.97 Å². The van der Waals surface area contributed by atoms with Gasteiger partial charge in [0.25, 0.3) is 0 Å². The monoisotopic (exact) mass is 498 g/mol. The lowest BCUT2D eigenvalue weighted by atomic mass is 10.1. The first-order valence-corrected chi connectivity index (χ1v) is 14.4. The molecule has 0 bridgehead atoms. The second kappa shape index (κ2) is 11.2. The van der Waals surface area contributed by atoms with Crippen molar-refractivity contribution in [1.82, 2.24) is 9.97 Å². The highest BCUT2D eigenvalue weighted by Crippen LogP contribution is 2.26. The largest absolute Gasteiger partial charge is 0.355 e. The normalized spacial score (nSPS) is 14.1. The molecule has 0 N–H and O–H groups in total. The van der Waals surface area contributed by atoms with Gasteiger partial charge < -0.3 is 9.80 Å². The summed E-state index contributed by atoms with van der Waals surface area (Å²) < 4.78 is 0. The number of thioether (sulfide) groups is 2. The van der Waals surface area contributed by atoms with Crippen LogP contribution < -0.4 is 9.80 Å². The predicted molar refractivity (Wildman–Crippen MR) is 152 cm³/mol. The molecule has 4 aromatic rings. The van der Waals surface area contributed by atoms with Crippen LogP contribution in [0, 0.1) is 0 Å². The number of benzene rings is 2. The van der Waals surface area contributed by atoms with Crippen molar-refractivity contribution in [3.05, 3.63) is 85.2 Å². The van der Waals surface area contributed by atoms with Crippen LogP contribution in [0.5, 0.6) is 0 Å². The Morgan fingerprint density at radius 2 is 0.914 bits per heavy atom. The van der Waals surface area contributed by atoms with Crippen molar-refractivity contribution in [2.75, 3.05) is 48.5 Å². The van der Waals surface area contributed by atoms with Gasteiger partial charge in [0, 0.05) is 59.5 Å². The van der Waals surface area contributed by atoms with Gasteiger partial charge in [-0.05, 0) is 78.6 Å². The number of rotatable bonds is 6. The first kappa shape index (κ1) is 23.8. The average Bonchev–Trinajstić information content (AvgIpc) is 3.20. The van der Waals surface area contributed by atoms with Gasteiger partial charge in [-0.25, -0.2) is 9.97 Å². The van der Waals surface area contributed by atoms with Gasteiger partial charge in [0.05, 0.1) is 0 Å². The van der Waals surface area contributed by atoms with Crippen LogP contribution in [0.1, 0.15) is 6.42 Å². The van der Waals surface area contributed by atoms with Crippen LogP contribution in [0.4, 0.5) is 11.6 Å². The van der Waals surface area contributed by atoms with Gasteiger partial charge in [-0.1, -0.05) is 24.3 Å². The number of nitrogens with zero attached hydrogens (tertiary/aromatic N) is 4. The minimum Gasteiger partial charge on any atom is -0.355 e. The summed E-state index contributed by atoms with van der Waals surface area (Å²) in [6.45, 7) is 3.89. The molecule has 0 atom stereocenters. The Bertz CT molecular complexity index is 1120. The summed E-state index contributed by atoms with van der Waals surface area (Å²) in [7, 11) is 0. The van der Waals surface area contributed by atoms with Gasteiger partial charge in [0.15, 0.2) is 0 Å². The Labute approximate surface area is 216 Å². The van der Waals surface area contributed by atoms with Gasteiger partial charge >= 0.3 is 0 Å². The summed E-state index contributed by atoms with van der Waals surface area (Å²) in [5.41, 5.74) is 4.73. The lowest BCUT2D eigenvalue weighted by Crippen LogP contribution is -2.31. The molecule has 1 aliphatic rings. The molecule has 178 valence electrons. The Kier molecular flexibility index (Phi) is 7.60. The number of anilines is 2. The van der Waals surface area contributed by atoms with E-state index >= 15 is 0 Å². The van der Waals surface area contributed by atoms with Crippen molar-refractivity contribution in [2.24, 2.45) is 0 Å². The van der Waals surface area contributed by atoms with Crippen LogP contribution in [0.3, 0.4) is 0 Å². The van der Waals surface area contributed by atoms with Crippen molar-refractivity contribution in [3.63, 3.8) is 0 Å². The van der Waals surface area contributed by atoms with Crippen molar-refractivity contribution < 1.29 is 0 Å². The fourth-order valence-corrected chi connectivity index (χ4v) is 5.25. The summed E-state index contributed by atoms with van der Waals surface area (Å²) in [5, 5.41) is 0. The van der Waals surface area contributed by atoms with Gasteiger partial charge in [-0.15, -0.1) is 23.5 Å². The van der Waals surface area contributed by atoms with E-state index in [9.17, 15) is 0 Å². The van der Waals surface area contributed by atoms with Gasteiger partial charge in [0.2, 0.25) is 0 Å².